The molecule has 20 heavy (non-hydrogen) atoms. The Morgan fingerprint density at radius 2 is 1.80 bits per heavy atom. The van der Waals surface area contributed by atoms with Crippen LogP contribution in [0.1, 0.15) is 53.9 Å². The molecular formula is C15H28N2O3. The van der Waals surface area contributed by atoms with Gasteiger partial charge in [0.2, 0.25) is 0 Å². The van der Waals surface area contributed by atoms with Crippen LogP contribution in [-0.2, 0) is 4.79 Å². The number of carbonyl (C=O) groups excluding carboxylic acids is 1. The molecule has 0 radical (unpaired) electrons. The van der Waals surface area contributed by atoms with Gasteiger partial charge in [-0.25, -0.2) is 4.79 Å². The van der Waals surface area contributed by atoms with E-state index in [0.29, 0.717) is 5.92 Å². The van der Waals surface area contributed by atoms with E-state index in [2.05, 4.69) is 0 Å². The van der Waals surface area contributed by atoms with Crippen LogP contribution in [0.25, 0.3) is 0 Å². The number of carboxylic acid groups (broad SMARTS) is 1. The predicted octanol–water partition coefficient (Wildman–Crippen LogP) is 2.80. The minimum Gasteiger partial charge on any atom is -0.481 e. The van der Waals surface area contributed by atoms with Gasteiger partial charge in [-0.05, 0) is 53.4 Å². The van der Waals surface area contributed by atoms with E-state index in [0.717, 1.165) is 6.54 Å². The van der Waals surface area contributed by atoms with Crippen molar-refractivity contribution in [1.29, 1.82) is 0 Å². The average Bonchev–Trinajstić information content (AvgIpc) is 3.06. The first-order valence-electron chi connectivity index (χ1n) is 7.43. The van der Waals surface area contributed by atoms with E-state index in [9.17, 15) is 9.59 Å². The molecular weight excluding hydrogens is 256 g/mol. The van der Waals surface area contributed by atoms with Crippen LogP contribution in [-0.4, -0.2) is 51.6 Å². The minimum absolute atomic E-state index is 0.0155. The minimum atomic E-state index is -0.870. The van der Waals surface area contributed by atoms with Crippen molar-refractivity contribution >= 4 is 12.0 Å². The van der Waals surface area contributed by atoms with E-state index in [4.69, 9.17) is 5.11 Å². The molecule has 1 aliphatic rings. The summed E-state index contributed by atoms with van der Waals surface area (Å²) in [6.07, 6.45) is 2.38. The van der Waals surface area contributed by atoms with Crippen LogP contribution in [0.2, 0.25) is 0 Å². The van der Waals surface area contributed by atoms with Gasteiger partial charge in [-0.1, -0.05) is 0 Å². The van der Waals surface area contributed by atoms with Crippen molar-refractivity contribution < 1.29 is 14.7 Å². The lowest BCUT2D eigenvalue weighted by atomic mass is 10.1. The molecule has 0 atom stereocenters. The standard InChI is InChI=1S/C15H28N2O3/c1-11(2)16(10-12-6-7-12)14(20)17(15(3,4)5)9-8-13(18)19/h11-12H,6-10H2,1-5H3,(H,18,19). The lowest BCUT2D eigenvalue weighted by Crippen LogP contribution is -2.54. The summed E-state index contributed by atoms with van der Waals surface area (Å²) in [5.41, 5.74) is -0.372. The second-order valence-electron chi connectivity index (χ2n) is 6.94. The summed E-state index contributed by atoms with van der Waals surface area (Å²) in [5, 5.41) is 8.86. The fourth-order valence-electron chi connectivity index (χ4n) is 2.17. The van der Waals surface area contributed by atoms with Crippen molar-refractivity contribution in [2.24, 2.45) is 5.92 Å². The third-order valence-corrected chi connectivity index (χ3v) is 3.61. The number of hydrogen-bond donors (Lipinski definition) is 1. The van der Waals surface area contributed by atoms with E-state index in [1.807, 2.05) is 39.5 Å². The van der Waals surface area contributed by atoms with Gasteiger partial charge in [-0.2, -0.15) is 0 Å². The lowest BCUT2D eigenvalue weighted by Gasteiger charge is -2.40. The number of carboxylic acids is 1. The molecule has 0 unspecified atom stereocenters. The molecule has 0 saturated heterocycles. The largest absolute Gasteiger partial charge is 0.481 e. The van der Waals surface area contributed by atoms with Crippen molar-refractivity contribution in [3.05, 3.63) is 0 Å². The third-order valence-electron chi connectivity index (χ3n) is 3.61. The van der Waals surface area contributed by atoms with Crippen molar-refractivity contribution in [3.8, 4) is 0 Å². The Bertz CT molecular complexity index is 357. The molecule has 116 valence electrons. The first-order chi connectivity index (χ1) is 9.12. The van der Waals surface area contributed by atoms with Crippen LogP contribution >= 0.6 is 0 Å². The smallest absolute Gasteiger partial charge is 0.320 e. The Balaban J connectivity index is 2.79. The summed E-state index contributed by atoms with van der Waals surface area (Å²) in [5.74, 6) is -0.243. The van der Waals surface area contributed by atoms with E-state index in [-0.39, 0.29) is 30.6 Å². The average molecular weight is 284 g/mol. The topological polar surface area (TPSA) is 60.9 Å². The van der Waals surface area contributed by atoms with Crippen molar-refractivity contribution in [2.75, 3.05) is 13.1 Å². The summed E-state index contributed by atoms with van der Waals surface area (Å²) in [6.45, 7) is 10.9. The number of rotatable bonds is 6. The Morgan fingerprint density at radius 1 is 1.25 bits per heavy atom. The zero-order valence-electron chi connectivity index (χ0n) is 13.3. The highest BCUT2D eigenvalue weighted by molar-refractivity contribution is 5.76. The van der Waals surface area contributed by atoms with Crippen LogP contribution in [0, 0.1) is 5.92 Å². The van der Waals surface area contributed by atoms with E-state index < -0.39 is 5.97 Å². The highest BCUT2D eigenvalue weighted by Crippen LogP contribution is 2.31. The normalized spacial score (nSPS) is 15.3. The molecule has 1 rings (SSSR count). The van der Waals surface area contributed by atoms with Gasteiger partial charge in [0.1, 0.15) is 0 Å². The van der Waals surface area contributed by atoms with Gasteiger partial charge in [-0.15, -0.1) is 0 Å². The quantitative estimate of drug-likeness (QED) is 0.816. The Hall–Kier alpha value is -1.26. The monoisotopic (exact) mass is 284 g/mol. The maximum absolute atomic E-state index is 12.8. The molecule has 5 nitrogen and oxygen atoms in total. The van der Waals surface area contributed by atoms with Gasteiger partial charge in [0.15, 0.2) is 0 Å². The zero-order valence-corrected chi connectivity index (χ0v) is 13.3. The molecule has 0 aromatic rings. The summed E-state index contributed by atoms with van der Waals surface area (Å²) in [6, 6.07) is 0.0958. The molecule has 0 aromatic carbocycles. The second-order valence-corrected chi connectivity index (χ2v) is 6.94. The van der Waals surface area contributed by atoms with Crippen LogP contribution in [0.15, 0.2) is 0 Å². The number of aliphatic carboxylic acids is 1. The number of urea groups is 1. The van der Waals surface area contributed by atoms with Crippen LogP contribution < -0.4 is 0 Å². The molecule has 5 heteroatoms. The SMILES string of the molecule is CC(C)N(CC1CC1)C(=O)N(CCC(=O)O)C(C)(C)C. The van der Waals surface area contributed by atoms with Gasteiger partial charge in [0, 0.05) is 24.7 Å². The van der Waals surface area contributed by atoms with Crippen molar-refractivity contribution in [2.45, 2.75) is 65.5 Å². The van der Waals surface area contributed by atoms with Gasteiger partial charge in [-0.3, -0.25) is 4.79 Å². The van der Waals surface area contributed by atoms with E-state index >= 15 is 0 Å². The summed E-state index contributed by atoms with van der Waals surface area (Å²) < 4.78 is 0. The van der Waals surface area contributed by atoms with E-state index in [1.54, 1.807) is 4.90 Å². The van der Waals surface area contributed by atoms with Gasteiger partial charge in [0.05, 0.1) is 6.42 Å². The number of amides is 2. The summed E-state index contributed by atoms with van der Waals surface area (Å²) >= 11 is 0. The molecule has 0 aliphatic heterocycles. The summed E-state index contributed by atoms with van der Waals surface area (Å²) in [4.78, 5) is 27.1. The number of carbonyl (C=O) groups is 2. The van der Waals surface area contributed by atoms with Crippen LogP contribution in [0.5, 0.6) is 0 Å². The van der Waals surface area contributed by atoms with Gasteiger partial charge < -0.3 is 14.9 Å². The van der Waals surface area contributed by atoms with Crippen molar-refractivity contribution in [3.63, 3.8) is 0 Å². The maximum Gasteiger partial charge on any atom is 0.320 e. The third kappa shape index (κ3) is 5.02. The molecule has 1 saturated carbocycles. The predicted molar refractivity (Wildman–Crippen MR) is 78.7 cm³/mol. The Morgan fingerprint density at radius 3 is 2.15 bits per heavy atom. The van der Waals surface area contributed by atoms with Gasteiger partial charge >= 0.3 is 12.0 Å². The van der Waals surface area contributed by atoms with Crippen LogP contribution in [0.4, 0.5) is 4.79 Å². The first-order valence-corrected chi connectivity index (χ1v) is 7.43. The second kappa shape index (κ2) is 6.46. The Kier molecular flexibility index (Phi) is 5.42. The highest BCUT2D eigenvalue weighted by atomic mass is 16.4. The maximum atomic E-state index is 12.8. The molecule has 1 N–H and O–H groups in total. The molecule has 0 aromatic heterocycles. The first kappa shape index (κ1) is 16.8. The van der Waals surface area contributed by atoms with Crippen molar-refractivity contribution in [1.82, 2.24) is 9.80 Å². The molecule has 0 heterocycles. The van der Waals surface area contributed by atoms with Gasteiger partial charge in [0.25, 0.3) is 0 Å². The summed E-state index contributed by atoms with van der Waals surface area (Å²) in [7, 11) is 0. The molecule has 2 amide bonds. The number of nitrogens with zero attached hydrogens (tertiary/aromatic N) is 2. The molecule has 0 spiro atoms. The van der Waals surface area contributed by atoms with Crippen LogP contribution in [0.3, 0.4) is 0 Å². The fraction of sp³-hybridized carbons (Fsp3) is 0.867. The highest BCUT2D eigenvalue weighted by Gasteiger charge is 2.34. The van der Waals surface area contributed by atoms with E-state index in [1.165, 1.54) is 12.8 Å². The zero-order chi connectivity index (χ0) is 15.5. The lowest BCUT2D eigenvalue weighted by molar-refractivity contribution is -0.137. The molecule has 1 fully saturated rings. The number of hydrogen-bond acceptors (Lipinski definition) is 2. The molecule has 1 aliphatic carbocycles. The fourth-order valence-corrected chi connectivity index (χ4v) is 2.17. The molecule has 0 bridgehead atoms. The Labute approximate surface area is 121 Å².